The molecule has 0 spiro atoms. The first-order valence-electron chi connectivity index (χ1n) is 6.21. The summed E-state index contributed by atoms with van der Waals surface area (Å²) in [4.78, 5) is 20.3. The summed E-state index contributed by atoms with van der Waals surface area (Å²) in [6, 6.07) is -1.26. The van der Waals surface area contributed by atoms with E-state index in [2.05, 4.69) is 5.32 Å². The van der Waals surface area contributed by atoms with E-state index in [1.165, 1.54) is 0 Å². The summed E-state index contributed by atoms with van der Waals surface area (Å²) in [6.45, 7) is 1.00. The molecule has 0 aliphatic carbocycles. The van der Waals surface area contributed by atoms with Gasteiger partial charge in [0.15, 0.2) is 0 Å². The van der Waals surface area contributed by atoms with Crippen LogP contribution >= 0.6 is 0 Å². The minimum absolute atomic E-state index is 0.329. The number of hydrogen-bond acceptors (Lipinski definition) is 6. The molecule has 0 bridgehead atoms. The van der Waals surface area contributed by atoms with Crippen LogP contribution in [0.15, 0.2) is 0 Å². The van der Waals surface area contributed by atoms with Crippen molar-refractivity contribution in [2.45, 2.75) is 43.9 Å². The topological polar surface area (TPSA) is 159 Å². The van der Waals surface area contributed by atoms with Gasteiger partial charge in [-0.1, -0.05) is 6.42 Å². The molecule has 1 fully saturated rings. The van der Waals surface area contributed by atoms with Gasteiger partial charge >= 0.3 is 11.9 Å². The van der Waals surface area contributed by atoms with Crippen LogP contribution in [0.3, 0.4) is 0 Å². The van der Waals surface area contributed by atoms with Gasteiger partial charge in [-0.3, -0.25) is 9.59 Å². The van der Waals surface area contributed by atoms with Crippen LogP contribution in [0.25, 0.3) is 0 Å². The van der Waals surface area contributed by atoms with Crippen LogP contribution in [0.4, 0.5) is 0 Å². The first-order chi connectivity index (χ1) is 8.88. The highest BCUT2D eigenvalue weighted by Crippen LogP contribution is 2.05. The lowest BCUT2D eigenvalue weighted by molar-refractivity contribution is -0.139. The molecule has 0 saturated carbocycles. The number of aliphatic hydroxyl groups is 1. The van der Waals surface area contributed by atoms with Gasteiger partial charge < -0.3 is 32.1 Å². The molecule has 112 valence electrons. The predicted octanol–water partition coefficient (Wildman–Crippen LogP) is -1.68. The van der Waals surface area contributed by atoms with Crippen LogP contribution in [0, 0.1) is 0 Å². The van der Waals surface area contributed by atoms with E-state index in [0.717, 1.165) is 12.8 Å². The van der Waals surface area contributed by atoms with E-state index in [1.54, 1.807) is 0 Å². The van der Waals surface area contributed by atoms with Crippen molar-refractivity contribution in [2.24, 2.45) is 11.5 Å². The average Bonchev–Trinajstić information content (AvgIpc) is 2.77. The van der Waals surface area contributed by atoms with Crippen molar-refractivity contribution in [3.8, 4) is 0 Å². The van der Waals surface area contributed by atoms with Gasteiger partial charge in [-0.2, -0.15) is 0 Å². The Balaban J connectivity index is 0.000000342. The molecule has 1 aliphatic heterocycles. The maximum atomic E-state index is 10.2. The van der Waals surface area contributed by atoms with Crippen LogP contribution in [0.2, 0.25) is 0 Å². The van der Waals surface area contributed by atoms with E-state index in [1.807, 2.05) is 0 Å². The molecule has 0 aromatic rings. The number of aliphatic hydroxyl groups excluding tert-OH is 1. The van der Waals surface area contributed by atoms with E-state index in [0.29, 0.717) is 25.9 Å². The Morgan fingerprint density at radius 2 is 1.95 bits per heavy atom. The first-order valence-corrected chi connectivity index (χ1v) is 6.21. The summed E-state index contributed by atoms with van der Waals surface area (Å²) in [5, 5.41) is 28.2. The quantitative estimate of drug-likeness (QED) is 0.314. The molecule has 19 heavy (non-hydrogen) atoms. The van der Waals surface area contributed by atoms with Crippen LogP contribution in [0.5, 0.6) is 0 Å². The van der Waals surface area contributed by atoms with Gasteiger partial charge in [-0.05, 0) is 19.4 Å². The van der Waals surface area contributed by atoms with Gasteiger partial charge in [0.1, 0.15) is 12.1 Å². The fourth-order valence-electron chi connectivity index (χ4n) is 1.54. The van der Waals surface area contributed by atoms with Gasteiger partial charge in [0.2, 0.25) is 0 Å². The molecule has 0 aromatic heterocycles. The molecule has 3 unspecified atom stereocenters. The Morgan fingerprint density at radius 1 is 1.32 bits per heavy atom. The molecule has 8 heteroatoms. The number of nitrogens with two attached hydrogens (primary N) is 2. The number of β-amino-alcohol motifs (C(OH)–C–C–N with tert-alkyl or cyclic N) is 1. The minimum atomic E-state index is -0.933. The monoisotopic (exact) mass is 277 g/mol. The van der Waals surface area contributed by atoms with E-state index in [-0.39, 0.29) is 0 Å². The molecule has 1 aliphatic rings. The van der Waals surface area contributed by atoms with Crippen LogP contribution in [0.1, 0.15) is 25.7 Å². The molecule has 8 nitrogen and oxygen atoms in total. The third kappa shape index (κ3) is 8.49. The molecule has 3 atom stereocenters. The largest absolute Gasteiger partial charge is 0.480 e. The molecule has 1 heterocycles. The summed E-state index contributed by atoms with van der Waals surface area (Å²) >= 11 is 0. The lowest BCUT2D eigenvalue weighted by Gasteiger charge is -2.03. The van der Waals surface area contributed by atoms with Crippen molar-refractivity contribution in [3.05, 3.63) is 0 Å². The Labute approximate surface area is 111 Å². The highest BCUT2D eigenvalue weighted by Gasteiger charge is 2.27. The van der Waals surface area contributed by atoms with E-state index < -0.39 is 30.1 Å². The Morgan fingerprint density at radius 3 is 2.26 bits per heavy atom. The first kappa shape index (κ1) is 17.8. The molecular weight excluding hydrogens is 254 g/mol. The molecule has 8 N–H and O–H groups in total. The SMILES string of the molecule is NCCCCC(N)C(=O)O.O=C(O)C1CC(O)CN1. The zero-order valence-electron chi connectivity index (χ0n) is 10.8. The van der Waals surface area contributed by atoms with E-state index in [4.69, 9.17) is 26.8 Å². The number of carboxylic acid groups (broad SMARTS) is 2. The van der Waals surface area contributed by atoms with E-state index >= 15 is 0 Å². The average molecular weight is 277 g/mol. The van der Waals surface area contributed by atoms with Crippen molar-refractivity contribution in [3.63, 3.8) is 0 Å². The number of carbonyl (C=O) groups is 2. The molecule has 0 aromatic carbocycles. The summed E-state index contributed by atoms with van der Waals surface area (Å²) in [5.41, 5.74) is 10.4. The molecule has 0 amide bonds. The minimum Gasteiger partial charge on any atom is -0.480 e. The Bertz CT molecular complexity index is 288. The standard InChI is InChI=1S/C6H14N2O2.C5H9NO3/c7-4-2-1-3-5(8)6(9)10;7-3-1-4(5(8)9)6-2-3/h5H,1-4,7-8H2,(H,9,10);3-4,6-7H,1-2H2,(H,8,9). The van der Waals surface area contributed by atoms with Crippen molar-refractivity contribution in [2.75, 3.05) is 13.1 Å². The van der Waals surface area contributed by atoms with Crippen molar-refractivity contribution >= 4 is 11.9 Å². The van der Waals surface area contributed by atoms with Crippen LogP contribution in [-0.4, -0.2) is 58.5 Å². The van der Waals surface area contributed by atoms with E-state index in [9.17, 15) is 9.59 Å². The second-order valence-corrected chi connectivity index (χ2v) is 4.42. The summed E-state index contributed by atoms with van der Waals surface area (Å²) in [6.07, 6.45) is 2.01. The van der Waals surface area contributed by atoms with Gasteiger partial charge in [-0.25, -0.2) is 0 Å². The maximum absolute atomic E-state index is 10.2. The summed E-state index contributed by atoms with van der Waals surface area (Å²) in [7, 11) is 0. The summed E-state index contributed by atoms with van der Waals surface area (Å²) < 4.78 is 0. The third-order valence-electron chi connectivity index (χ3n) is 2.69. The van der Waals surface area contributed by atoms with Crippen molar-refractivity contribution < 1.29 is 24.9 Å². The van der Waals surface area contributed by atoms with Gasteiger partial charge in [0, 0.05) is 13.0 Å². The lowest BCUT2D eigenvalue weighted by Crippen LogP contribution is -2.29. The smallest absolute Gasteiger partial charge is 0.320 e. The van der Waals surface area contributed by atoms with Crippen molar-refractivity contribution in [1.29, 1.82) is 0 Å². The van der Waals surface area contributed by atoms with Gasteiger partial charge in [0.25, 0.3) is 0 Å². The van der Waals surface area contributed by atoms with Gasteiger partial charge in [-0.15, -0.1) is 0 Å². The second kappa shape index (κ2) is 9.68. The van der Waals surface area contributed by atoms with Crippen molar-refractivity contribution in [1.82, 2.24) is 5.32 Å². The summed E-state index contributed by atoms with van der Waals surface area (Å²) in [5.74, 6) is -1.82. The van der Waals surface area contributed by atoms with Gasteiger partial charge in [0.05, 0.1) is 6.10 Å². The number of hydrogen-bond donors (Lipinski definition) is 6. The number of nitrogens with one attached hydrogen (secondary N) is 1. The Kier molecular flexibility index (Phi) is 9.06. The highest BCUT2D eigenvalue weighted by atomic mass is 16.4. The fraction of sp³-hybridized carbons (Fsp3) is 0.818. The zero-order valence-corrected chi connectivity index (χ0v) is 10.8. The number of rotatable bonds is 6. The molecular formula is C11H23N3O5. The molecule has 1 saturated heterocycles. The fourth-order valence-corrected chi connectivity index (χ4v) is 1.54. The van der Waals surface area contributed by atoms with Crippen LogP contribution in [-0.2, 0) is 9.59 Å². The highest BCUT2D eigenvalue weighted by molar-refractivity contribution is 5.74. The third-order valence-corrected chi connectivity index (χ3v) is 2.69. The number of unbranched alkanes of at least 4 members (excludes halogenated alkanes) is 1. The molecule has 0 radical (unpaired) electrons. The predicted molar refractivity (Wildman–Crippen MR) is 68.6 cm³/mol. The van der Waals surface area contributed by atoms with Crippen LogP contribution < -0.4 is 16.8 Å². The Hall–Kier alpha value is -1.22. The molecule has 1 rings (SSSR count). The second-order valence-electron chi connectivity index (χ2n) is 4.42. The lowest BCUT2D eigenvalue weighted by atomic mass is 10.1. The zero-order chi connectivity index (χ0) is 14.8. The normalized spacial score (nSPS) is 23.3. The number of carboxylic acids is 2. The maximum Gasteiger partial charge on any atom is 0.320 e. The number of aliphatic carboxylic acids is 2.